The molecule has 2 aromatic carbocycles. The maximum Gasteiger partial charge on any atom is 0.253 e. The maximum absolute atomic E-state index is 13.4. The molecule has 1 aliphatic rings. The first-order valence-electron chi connectivity index (χ1n) is 11.2. The molecule has 1 aliphatic heterocycles. The normalized spacial score (nSPS) is 17.9. The van der Waals surface area contributed by atoms with Crippen molar-refractivity contribution < 1.29 is 14.0 Å². The van der Waals surface area contributed by atoms with E-state index >= 15 is 0 Å². The molecule has 4 rings (SSSR count). The van der Waals surface area contributed by atoms with Crippen LogP contribution in [0.1, 0.15) is 36.2 Å². The minimum atomic E-state index is -0.714. The fourth-order valence-corrected chi connectivity index (χ4v) is 4.44. The van der Waals surface area contributed by atoms with Gasteiger partial charge in [0, 0.05) is 37.1 Å². The Bertz CT molecular complexity index is 1130. The van der Waals surface area contributed by atoms with Crippen LogP contribution in [0.25, 0.3) is 11.1 Å². The number of nitrogens with one attached hydrogen (secondary N) is 1. The number of carbonyl (C=O) groups excluding carboxylic acids is 2. The van der Waals surface area contributed by atoms with Crippen LogP contribution in [0.3, 0.4) is 0 Å². The number of benzene rings is 2. The van der Waals surface area contributed by atoms with E-state index in [1.54, 1.807) is 41.6 Å². The summed E-state index contributed by atoms with van der Waals surface area (Å²) in [5.74, 6) is -0.393. The van der Waals surface area contributed by atoms with E-state index < -0.39 is 5.41 Å². The molecule has 1 atom stereocenters. The summed E-state index contributed by atoms with van der Waals surface area (Å²) in [5.41, 5.74) is 2.75. The van der Waals surface area contributed by atoms with Gasteiger partial charge in [0.1, 0.15) is 5.82 Å². The van der Waals surface area contributed by atoms with Gasteiger partial charge in [-0.2, -0.15) is 0 Å². The van der Waals surface area contributed by atoms with E-state index in [0.717, 1.165) is 16.7 Å². The fourth-order valence-electron chi connectivity index (χ4n) is 4.44. The van der Waals surface area contributed by atoms with Crippen molar-refractivity contribution in [1.82, 2.24) is 15.2 Å². The summed E-state index contributed by atoms with van der Waals surface area (Å²) in [7, 11) is 0. The molecule has 0 unspecified atom stereocenters. The summed E-state index contributed by atoms with van der Waals surface area (Å²) < 4.78 is 13.3. The van der Waals surface area contributed by atoms with Crippen LogP contribution in [0.2, 0.25) is 0 Å². The number of halogens is 1. The lowest BCUT2D eigenvalue weighted by Crippen LogP contribution is -2.47. The molecule has 1 fully saturated rings. The molecule has 0 bridgehead atoms. The third-order valence-corrected chi connectivity index (χ3v) is 6.12. The molecule has 6 heteroatoms. The van der Waals surface area contributed by atoms with E-state index in [1.165, 1.54) is 12.1 Å². The SMILES string of the molecule is CC(C)NC(=O)[C@]1(Cc2cccc(-c3ccc(F)cc3)c2)CCN(C(=O)c2ccncc2)C1. The second-order valence-corrected chi connectivity index (χ2v) is 9.01. The van der Waals surface area contributed by atoms with Crippen molar-refractivity contribution in [1.29, 1.82) is 0 Å². The number of rotatable bonds is 6. The van der Waals surface area contributed by atoms with Gasteiger partial charge in [-0.1, -0.05) is 36.4 Å². The minimum Gasteiger partial charge on any atom is -0.353 e. The van der Waals surface area contributed by atoms with E-state index in [4.69, 9.17) is 0 Å². The lowest BCUT2D eigenvalue weighted by molar-refractivity contribution is -0.130. The van der Waals surface area contributed by atoms with Crippen molar-refractivity contribution in [2.45, 2.75) is 32.7 Å². The molecule has 3 aromatic rings. The minimum absolute atomic E-state index is 0.00451. The first-order valence-corrected chi connectivity index (χ1v) is 11.2. The molecule has 0 radical (unpaired) electrons. The molecule has 2 heterocycles. The van der Waals surface area contributed by atoms with Crippen LogP contribution in [0.15, 0.2) is 73.1 Å². The highest BCUT2D eigenvalue weighted by molar-refractivity contribution is 5.95. The van der Waals surface area contributed by atoms with Crippen molar-refractivity contribution in [3.8, 4) is 11.1 Å². The van der Waals surface area contributed by atoms with Gasteiger partial charge in [-0.3, -0.25) is 14.6 Å². The summed E-state index contributed by atoms with van der Waals surface area (Å²) in [6, 6.07) is 17.8. The topological polar surface area (TPSA) is 62.3 Å². The van der Waals surface area contributed by atoms with Gasteiger partial charge in [-0.05, 0) is 67.6 Å². The Morgan fingerprint density at radius 3 is 2.48 bits per heavy atom. The maximum atomic E-state index is 13.4. The Kier molecular flexibility index (Phi) is 6.54. The zero-order chi connectivity index (χ0) is 23.4. The van der Waals surface area contributed by atoms with Crippen molar-refractivity contribution in [2.75, 3.05) is 13.1 Å². The predicted octanol–water partition coefficient (Wildman–Crippen LogP) is 4.49. The molecule has 5 nitrogen and oxygen atoms in total. The van der Waals surface area contributed by atoms with Gasteiger partial charge in [0.05, 0.1) is 5.41 Å². The van der Waals surface area contributed by atoms with Crippen molar-refractivity contribution in [2.24, 2.45) is 5.41 Å². The van der Waals surface area contributed by atoms with Gasteiger partial charge in [0.2, 0.25) is 5.91 Å². The molecule has 1 saturated heterocycles. The van der Waals surface area contributed by atoms with Crippen molar-refractivity contribution >= 4 is 11.8 Å². The number of likely N-dealkylation sites (tertiary alicyclic amines) is 1. The van der Waals surface area contributed by atoms with Gasteiger partial charge in [-0.15, -0.1) is 0 Å². The monoisotopic (exact) mass is 445 g/mol. The number of amides is 2. The van der Waals surface area contributed by atoms with Crippen LogP contribution in [0, 0.1) is 11.2 Å². The highest BCUT2D eigenvalue weighted by Crippen LogP contribution is 2.36. The number of hydrogen-bond acceptors (Lipinski definition) is 3. The van der Waals surface area contributed by atoms with Gasteiger partial charge >= 0.3 is 0 Å². The lowest BCUT2D eigenvalue weighted by atomic mass is 9.79. The molecular weight excluding hydrogens is 417 g/mol. The van der Waals surface area contributed by atoms with Crippen LogP contribution in [-0.2, 0) is 11.2 Å². The number of carbonyl (C=O) groups is 2. The molecular formula is C27H28FN3O2. The highest BCUT2D eigenvalue weighted by atomic mass is 19.1. The van der Waals surface area contributed by atoms with Crippen LogP contribution in [-0.4, -0.2) is 40.8 Å². The average molecular weight is 446 g/mol. The fraction of sp³-hybridized carbons (Fsp3) is 0.296. The van der Waals surface area contributed by atoms with Crippen LogP contribution < -0.4 is 5.32 Å². The lowest BCUT2D eigenvalue weighted by Gasteiger charge is -2.29. The van der Waals surface area contributed by atoms with Gasteiger partial charge in [0.25, 0.3) is 5.91 Å². The predicted molar refractivity (Wildman–Crippen MR) is 126 cm³/mol. The van der Waals surface area contributed by atoms with Gasteiger partial charge < -0.3 is 10.2 Å². The number of aromatic nitrogens is 1. The largest absolute Gasteiger partial charge is 0.353 e. The third-order valence-electron chi connectivity index (χ3n) is 6.12. The zero-order valence-electron chi connectivity index (χ0n) is 18.9. The Morgan fingerprint density at radius 1 is 1.06 bits per heavy atom. The molecule has 1 N–H and O–H groups in total. The summed E-state index contributed by atoms with van der Waals surface area (Å²) in [5, 5.41) is 3.07. The molecule has 0 spiro atoms. The Morgan fingerprint density at radius 2 is 1.79 bits per heavy atom. The summed E-state index contributed by atoms with van der Waals surface area (Å²) in [4.78, 5) is 32.2. The third kappa shape index (κ3) is 5.11. The molecule has 33 heavy (non-hydrogen) atoms. The Hall–Kier alpha value is -3.54. The summed E-state index contributed by atoms with van der Waals surface area (Å²) >= 11 is 0. The van der Waals surface area contributed by atoms with E-state index in [0.29, 0.717) is 31.5 Å². The van der Waals surface area contributed by atoms with Crippen LogP contribution in [0.5, 0.6) is 0 Å². The number of hydrogen-bond donors (Lipinski definition) is 1. The average Bonchev–Trinajstić information content (AvgIpc) is 3.25. The van der Waals surface area contributed by atoms with E-state index in [-0.39, 0.29) is 23.7 Å². The van der Waals surface area contributed by atoms with E-state index in [2.05, 4.69) is 10.3 Å². The number of pyridine rings is 1. The molecule has 0 aliphatic carbocycles. The summed E-state index contributed by atoms with van der Waals surface area (Å²) in [6.45, 7) is 4.75. The molecule has 0 saturated carbocycles. The van der Waals surface area contributed by atoms with Gasteiger partial charge in [-0.25, -0.2) is 4.39 Å². The second-order valence-electron chi connectivity index (χ2n) is 9.01. The molecule has 170 valence electrons. The Balaban J connectivity index is 1.61. The van der Waals surface area contributed by atoms with Gasteiger partial charge in [0.15, 0.2) is 0 Å². The first kappa shape index (κ1) is 22.6. The molecule has 1 aromatic heterocycles. The van der Waals surface area contributed by atoms with Crippen molar-refractivity contribution in [3.05, 3.63) is 90.0 Å². The second kappa shape index (κ2) is 9.53. The van der Waals surface area contributed by atoms with E-state index in [1.807, 2.05) is 38.1 Å². The van der Waals surface area contributed by atoms with Crippen molar-refractivity contribution in [3.63, 3.8) is 0 Å². The summed E-state index contributed by atoms with van der Waals surface area (Å²) in [6.07, 6.45) is 4.30. The highest BCUT2D eigenvalue weighted by Gasteiger charge is 2.46. The van der Waals surface area contributed by atoms with Crippen LogP contribution in [0.4, 0.5) is 4.39 Å². The Labute approximate surface area is 193 Å². The smallest absolute Gasteiger partial charge is 0.253 e. The number of nitrogens with zero attached hydrogens (tertiary/aromatic N) is 2. The first-order chi connectivity index (χ1) is 15.9. The quantitative estimate of drug-likeness (QED) is 0.608. The van der Waals surface area contributed by atoms with Crippen LogP contribution >= 0.6 is 0 Å². The standard InChI is InChI=1S/C27H28FN3O2/c1-19(2)30-26(33)27(12-15-31(18-27)25(32)22-10-13-29-14-11-22)17-20-4-3-5-23(16-20)21-6-8-24(28)9-7-21/h3-11,13-14,16,19H,12,15,17-18H2,1-2H3,(H,30,33)/t27-/m0/s1. The van der Waals surface area contributed by atoms with E-state index in [9.17, 15) is 14.0 Å². The molecule has 2 amide bonds. The zero-order valence-corrected chi connectivity index (χ0v) is 18.9.